The third-order valence-corrected chi connectivity index (χ3v) is 4.46. The van der Waals surface area contributed by atoms with Crippen molar-refractivity contribution in [3.05, 3.63) is 35.9 Å². The van der Waals surface area contributed by atoms with Gasteiger partial charge in [0.2, 0.25) is 5.91 Å². The average molecular weight is 294 g/mol. The Labute approximate surface area is 126 Å². The van der Waals surface area contributed by atoms with Crippen molar-refractivity contribution in [2.24, 2.45) is 5.73 Å². The van der Waals surface area contributed by atoms with E-state index in [2.05, 4.69) is 36.5 Å². The fourth-order valence-electron chi connectivity index (χ4n) is 2.31. The first kappa shape index (κ1) is 17.1. The van der Waals surface area contributed by atoms with Gasteiger partial charge in [0.1, 0.15) is 0 Å². The van der Waals surface area contributed by atoms with Gasteiger partial charge in [-0.1, -0.05) is 37.3 Å². The van der Waals surface area contributed by atoms with Gasteiger partial charge in [-0.15, -0.1) is 0 Å². The zero-order valence-electron chi connectivity index (χ0n) is 12.8. The molecule has 0 spiro atoms. The van der Waals surface area contributed by atoms with Gasteiger partial charge in [0.15, 0.2) is 0 Å². The minimum Gasteiger partial charge on any atom is -0.368 e. The lowest BCUT2D eigenvalue weighted by atomic mass is 9.94. The van der Waals surface area contributed by atoms with Crippen molar-refractivity contribution in [3.8, 4) is 0 Å². The lowest BCUT2D eigenvalue weighted by Gasteiger charge is -2.32. The van der Waals surface area contributed by atoms with Gasteiger partial charge >= 0.3 is 0 Å². The largest absolute Gasteiger partial charge is 0.368 e. The van der Waals surface area contributed by atoms with Gasteiger partial charge in [-0.05, 0) is 32.8 Å². The first-order chi connectivity index (χ1) is 9.33. The zero-order valence-corrected chi connectivity index (χ0v) is 13.7. The van der Waals surface area contributed by atoms with Crippen LogP contribution in [0, 0.1) is 0 Å². The third-order valence-electron chi connectivity index (χ3n) is 3.22. The number of nitrogens with one attached hydrogen (secondary N) is 1. The monoisotopic (exact) mass is 294 g/mol. The quantitative estimate of drug-likeness (QED) is 0.775. The van der Waals surface area contributed by atoms with Crippen molar-refractivity contribution in [1.29, 1.82) is 0 Å². The molecule has 0 fully saturated rings. The Morgan fingerprint density at radius 2 is 1.90 bits per heavy atom. The molecule has 0 aliphatic carbocycles. The van der Waals surface area contributed by atoms with Crippen LogP contribution in [0.15, 0.2) is 30.3 Å². The Morgan fingerprint density at radius 1 is 1.30 bits per heavy atom. The fraction of sp³-hybridized carbons (Fsp3) is 0.562. The van der Waals surface area contributed by atoms with Crippen LogP contribution in [0.5, 0.6) is 0 Å². The molecule has 2 atom stereocenters. The van der Waals surface area contributed by atoms with E-state index in [9.17, 15) is 4.79 Å². The lowest BCUT2D eigenvalue weighted by Crippen LogP contribution is -2.56. The van der Waals surface area contributed by atoms with Gasteiger partial charge in [-0.2, -0.15) is 11.8 Å². The van der Waals surface area contributed by atoms with E-state index in [4.69, 9.17) is 5.73 Å². The molecule has 0 radical (unpaired) electrons. The minimum atomic E-state index is -0.642. The Hall–Kier alpha value is -1.00. The van der Waals surface area contributed by atoms with Gasteiger partial charge in [-0.25, -0.2) is 0 Å². The molecule has 1 rings (SSSR count). The maximum absolute atomic E-state index is 11.7. The van der Waals surface area contributed by atoms with E-state index in [-0.39, 0.29) is 11.9 Å². The van der Waals surface area contributed by atoms with Crippen LogP contribution in [0.1, 0.15) is 39.7 Å². The Kier molecular flexibility index (Phi) is 6.56. The van der Waals surface area contributed by atoms with Crippen molar-refractivity contribution < 1.29 is 4.79 Å². The second kappa shape index (κ2) is 7.70. The molecule has 1 aromatic rings. The van der Waals surface area contributed by atoms with Crippen molar-refractivity contribution in [2.45, 2.75) is 56.7 Å². The summed E-state index contributed by atoms with van der Waals surface area (Å²) in [6.07, 6.45) is 0.734. The van der Waals surface area contributed by atoms with Gasteiger partial charge in [0.05, 0.1) is 5.54 Å². The van der Waals surface area contributed by atoms with Crippen molar-refractivity contribution in [3.63, 3.8) is 0 Å². The third kappa shape index (κ3) is 5.55. The summed E-state index contributed by atoms with van der Waals surface area (Å²) in [6.45, 7) is 8.11. The van der Waals surface area contributed by atoms with Gasteiger partial charge in [-0.3, -0.25) is 4.79 Å². The molecule has 0 heterocycles. The molecule has 3 N–H and O–H groups in total. The van der Waals surface area contributed by atoms with E-state index < -0.39 is 5.54 Å². The molecule has 1 aromatic carbocycles. The standard InChI is InChI=1S/C16H26N2OS/c1-12(2)18-16(4,15(17)19)10-13(3)20-11-14-8-6-5-7-9-14/h5-9,12-13,18H,10-11H2,1-4H3,(H2,17,19). The number of amides is 1. The average Bonchev–Trinajstić information content (AvgIpc) is 2.36. The number of benzene rings is 1. The van der Waals surface area contributed by atoms with Crippen molar-refractivity contribution in [1.82, 2.24) is 5.32 Å². The number of rotatable bonds is 8. The Bertz CT molecular complexity index is 422. The Morgan fingerprint density at radius 3 is 2.40 bits per heavy atom. The summed E-state index contributed by atoms with van der Waals surface area (Å²) in [4.78, 5) is 11.7. The molecule has 0 bridgehead atoms. The molecule has 112 valence electrons. The maximum Gasteiger partial charge on any atom is 0.237 e. The predicted octanol–water partition coefficient (Wildman–Crippen LogP) is 2.94. The molecule has 0 saturated heterocycles. The van der Waals surface area contributed by atoms with E-state index in [1.807, 2.05) is 38.6 Å². The second-order valence-corrected chi connectivity index (χ2v) is 7.23. The van der Waals surface area contributed by atoms with E-state index in [1.165, 1.54) is 5.56 Å². The van der Waals surface area contributed by atoms with Crippen LogP contribution in [0.3, 0.4) is 0 Å². The van der Waals surface area contributed by atoms with Crippen LogP contribution in [0.4, 0.5) is 0 Å². The first-order valence-electron chi connectivity index (χ1n) is 7.06. The van der Waals surface area contributed by atoms with E-state index >= 15 is 0 Å². The summed E-state index contributed by atoms with van der Waals surface area (Å²) in [5.74, 6) is 0.678. The van der Waals surface area contributed by atoms with Crippen LogP contribution in [0.25, 0.3) is 0 Å². The van der Waals surface area contributed by atoms with Crippen molar-refractivity contribution >= 4 is 17.7 Å². The predicted molar refractivity (Wildman–Crippen MR) is 87.7 cm³/mol. The number of thioether (sulfide) groups is 1. The summed E-state index contributed by atoms with van der Waals surface area (Å²) < 4.78 is 0. The lowest BCUT2D eigenvalue weighted by molar-refractivity contribution is -0.124. The topological polar surface area (TPSA) is 55.1 Å². The molecule has 0 saturated carbocycles. The highest BCUT2D eigenvalue weighted by atomic mass is 32.2. The summed E-state index contributed by atoms with van der Waals surface area (Å²) in [5, 5.41) is 3.66. The molecule has 1 amide bonds. The van der Waals surface area contributed by atoms with Crippen LogP contribution in [-0.2, 0) is 10.5 Å². The first-order valence-corrected chi connectivity index (χ1v) is 8.11. The normalized spacial score (nSPS) is 15.8. The molecule has 0 aliphatic heterocycles. The number of hydrogen-bond donors (Lipinski definition) is 2. The highest BCUT2D eigenvalue weighted by Crippen LogP contribution is 2.25. The number of carbonyl (C=O) groups excluding carboxylic acids is 1. The summed E-state index contributed by atoms with van der Waals surface area (Å²) in [5.41, 5.74) is 6.23. The SMILES string of the molecule is CC(C)NC(C)(CC(C)SCc1ccccc1)C(N)=O. The number of primary amides is 1. The number of nitrogens with two attached hydrogens (primary N) is 1. The smallest absolute Gasteiger partial charge is 0.237 e. The molecule has 3 nitrogen and oxygen atoms in total. The van der Waals surface area contributed by atoms with E-state index in [0.29, 0.717) is 5.25 Å². The van der Waals surface area contributed by atoms with Crippen LogP contribution < -0.4 is 11.1 Å². The van der Waals surface area contributed by atoms with E-state index in [0.717, 1.165) is 12.2 Å². The highest BCUT2D eigenvalue weighted by Gasteiger charge is 2.33. The van der Waals surface area contributed by atoms with Crippen LogP contribution >= 0.6 is 11.8 Å². The molecule has 4 heteroatoms. The van der Waals surface area contributed by atoms with Gasteiger partial charge in [0.25, 0.3) is 0 Å². The maximum atomic E-state index is 11.7. The summed E-state index contributed by atoms with van der Waals surface area (Å²) in [7, 11) is 0. The van der Waals surface area contributed by atoms with Gasteiger partial charge in [0, 0.05) is 17.0 Å². The molecule has 2 unspecified atom stereocenters. The molecule has 0 aliphatic rings. The molecular weight excluding hydrogens is 268 g/mol. The fourth-order valence-corrected chi connectivity index (χ4v) is 3.43. The summed E-state index contributed by atoms with van der Waals surface area (Å²) >= 11 is 1.85. The number of carbonyl (C=O) groups is 1. The zero-order chi connectivity index (χ0) is 15.2. The number of hydrogen-bond acceptors (Lipinski definition) is 3. The van der Waals surface area contributed by atoms with Gasteiger partial charge < -0.3 is 11.1 Å². The molecule has 20 heavy (non-hydrogen) atoms. The van der Waals surface area contributed by atoms with Crippen molar-refractivity contribution in [2.75, 3.05) is 0 Å². The molecule has 0 aromatic heterocycles. The van der Waals surface area contributed by atoms with Crippen LogP contribution in [0.2, 0.25) is 0 Å². The molecular formula is C16H26N2OS. The Balaban J connectivity index is 2.54. The second-order valence-electron chi connectivity index (χ2n) is 5.81. The summed E-state index contributed by atoms with van der Waals surface area (Å²) in [6, 6.07) is 10.6. The van der Waals surface area contributed by atoms with E-state index in [1.54, 1.807) is 0 Å². The van der Waals surface area contributed by atoms with Crippen LogP contribution in [-0.4, -0.2) is 22.7 Å². The minimum absolute atomic E-state index is 0.235. The highest BCUT2D eigenvalue weighted by molar-refractivity contribution is 7.99.